The maximum atomic E-state index is 12.3. The molecule has 0 heterocycles. The largest absolute Gasteiger partial charge is 0.392 e. The Labute approximate surface area is 123 Å². The molecule has 0 bridgehead atoms. The smallest absolute Gasteiger partial charge is 0.261 e. The summed E-state index contributed by atoms with van der Waals surface area (Å²) < 4.78 is 27.1. The Hall–Kier alpha value is -1.56. The molecule has 6 heteroatoms. The Morgan fingerprint density at radius 3 is 2.60 bits per heavy atom. The van der Waals surface area contributed by atoms with Crippen molar-refractivity contribution in [3.63, 3.8) is 0 Å². The molecule has 0 aliphatic rings. The molecule has 0 saturated heterocycles. The number of nitrogens with one attached hydrogen (secondary N) is 1. The number of anilines is 1. The van der Waals surface area contributed by atoms with Gasteiger partial charge in [-0.1, -0.05) is 29.8 Å². The molecule has 106 valence electrons. The van der Waals surface area contributed by atoms with Gasteiger partial charge in [0.15, 0.2) is 0 Å². The lowest BCUT2D eigenvalue weighted by atomic mass is 10.2. The molecule has 0 radical (unpaired) electrons. The van der Waals surface area contributed by atoms with E-state index in [0.29, 0.717) is 21.8 Å². The predicted molar refractivity (Wildman–Crippen MR) is 79.4 cm³/mol. The van der Waals surface area contributed by atoms with E-state index in [1.165, 1.54) is 12.1 Å². The summed E-state index contributed by atoms with van der Waals surface area (Å²) in [5.74, 6) is 0. The molecular formula is C14H14ClNO3S. The van der Waals surface area contributed by atoms with Crippen LogP contribution in [-0.2, 0) is 16.6 Å². The number of benzene rings is 2. The maximum absolute atomic E-state index is 12.3. The highest BCUT2D eigenvalue weighted by molar-refractivity contribution is 7.92. The van der Waals surface area contributed by atoms with Crippen molar-refractivity contribution in [2.24, 2.45) is 0 Å². The minimum Gasteiger partial charge on any atom is -0.392 e. The molecule has 20 heavy (non-hydrogen) atoms. The number of halogens is 1. The van der Waals surface area contributed by atoms with Crippen LogP contribution in [0.4, 0.5) is 5.69 Å². The number of aliphatic hydroxyl groups is 1. The zero-order chi connectivity index (χ0) is 14.8. The molecule has 0 fully saturated rings. The van der Waals surface area contributed by atoms with Gasteiger partial charge in [0.2, 0.25) is 0 Å². The van der Waals surface area contributed by atoms with E-state index >= 15 is 0 Å². The Kier molecular flexibility index (Phi) is 4.32. The number of rotatable bonds is 4. The number of hydrogen-bond donors (Lipinski definition) is 2. The minimum atomic E-state index is -3.70. The van der Waals surface area contributed by atoms with Crippen LogP contribution in [0.1, 0.15) is 11.1 Å². The summed E-state index contributed by atoms with van der Waals surface area (Å²) in [7, 11) is -3.70. The van der Waals surface area contributed by atoms with Crippen molar-refractivity contribution in [1.29, 1.82) is 0 Å². The molecule has 0 aromatic heterocycles. The lowest BCUT2D eigenvalue weighted by Crippen LogP contribution is -2.14. The van der Waals surface area contributed by atoms with Crippen molar-refractivity contribution < 1.29 is 13.5 Å². The van der Waals surface area contributed by atoms with E-state index in [2.05, 4.69) is 4.72 Å². The van der Waals surface area contributed by atoms with Gasteiger partial charge < -0.3 is 5.11 Å². The third-order valence-corrected chi connectivity index (χ3v) is 4.68. The second-order valence-electron chi connectivity index (χ2n) is 4.32. The average molecular weight is 312 g/mol. The molecule has 0 aliphatic carbocycles. The van der Waals surface area contributed by atoms with E-state index in [9.17, 15) is 8.42 Å². The van der Waals surface area contributed by atoms with E-state index in [-0.39, 0.29) is 11.5 Å². The van der Waals surface area contributed by atoms with Crippen LogP contribution in [0.5, 0.6) is 0 Å². The van der Waals surface area contributed by atoms with Gasteiger partial charge >= 0.3 is 0 Å². The van der Waals surface area contributed by atoms with Gasteiger partial charge in [0.1, 0.15) is 0 Å². The number of sulfonamides is 1. The summed E-state index contributed by atoms with van der Waals surface area (Å²) >= 11 is 5.97. The summed E-state index contributed by atoms with van der Waals surface area (Å²) in [5, 5.41) is 9.56. The normalized spacial score (nSPS) is 11.3. The molecule has 2 aromatic rings. The lowest BCUT2D eigenvalue weighted by Gasteiger charge is -2.12. The van der Waals surface area contributed by atoms with E-state index < -0.39 is 10.0 Å². The van der Waals surface area contributed by atoms with E-state index in [1.54, 1.807) is 37.3 Å². The van der Waals surface area contributed by atoms with Gasteiger partial charge in [0.05, 0.1) is 17.2 Å². The third kappa shape index (κ3) is 3.12. The number of hydrogen-bond acceptors (Lipinski definition) is 3. The Morgan fingerprint density at radius 2 is 1.90 bits per heavy atom. The summed E-state index contributed by atoms with van der Waals surface area (Å²) in [6, 6.07) is 11.2. The van der Waals surface area contributed by atoms with Crippen LogP contribution in [0.2, 0.25) is 5.02 Å². The Morgan fingerprint density at radius 1 is 1.20 bits per heavy atom. The van der Waals surface area contributed by atoms with Gasteiger partial charge in [0.25, 0.3) is 10.0 Å². The first-order valence-electron chi connectivity index (χ1n) is 5.92. The van der Waals surface area contributed by atoms with Crippen molar-refractivity contribution in [3.05, 3.63) is 58.6 Å². The van der Waals surface area contributed by atoms with E-state index in [1.807, 2.05) is 0 Å². The molecule has 0 aliphatic heterocycles. The Balaban J connectivity index is 2.38. The highest BCUT2D eigenvalue weighted by Gasteiger charge is 2.16. The van der Waals surface area contributed by atoms with Crippen LogP contribution in [0, 0.1) is 6.92 Å². The van der Waals surface area contributed by atoms with Crippen LogP contribution in [0.3, 0.4) is 0 Å². The number of aliphatic hydroxyl groups excluding tert-OH is 1. The fraction of sp³-hybridized carbons (Fsp3) is 0.143. The van der Waals surface area contributed by atoms with Crippen LogP contribution < -0.4 is 4.72 Å². The van der Waals surface area contributed by atoms with Crippen molar-refractivity contribution >= 4 is 27.3 Å². The first-order valence-corrected chi connectivity index (χ1v) is 7.78. The van der Waals surface area contributed by atoms with Crippen LogP contribution in [-0.4, -0.2) is 13.5 Å². The van der Waals surface area contributed by atoms with Crippen LogP contribution >= 0.6 is 11.6 Å². The third-order valence-electron chi connectivity index (χ3n) is 2.90. The van der Waals surface area contributed by atoms with Gasteiger partial charge in [-0.05, 0) is 42.3 Å². The second-order valence-corrected chi connectivity index (χ2v) is 6.41. The van der Waals surface area contributed by atoms with E-state index in [4.69, 9.17) is 16.7 Å². The molecule has 0 saturated carbocycles. The van der Waals surface area contributed by atoms with Gasteiger partial charge in [-0.25, -0.2) is 8.42 Å². The zero-order valence-corrected chi connectivity index (χ0v) is 12.4. The molecule has 4 nitrogen and oxygen atoms in total. The van der Waals surface area contributed by atoms with Gasteiger partial charge in [-0.3, -0.25) is 4.72 Å². The summed E-state index contributed by atoms with van der Waals surface area (Å²) in [5.41, 5.74) is 1.64. The summed E-state index contributed by atoms with van der Waals surface area (Å²) in [6.45, 7) is 1.53. The lowest BCUT2D eigenvalue weighted by molar-refractivity contribution is 0.281. The van der Waals surface area contributed by atoms with E-state index in [0.717, 1.165) is 0 Å². The predicted octanol–water partition coefficient (Wildman–Crippen LogP) is 2.94. The molecule has 0 atom stereocenters. The fourth-order valence-electron chi connectivity index (χ4n) is 1.73. The highest BCUT2D eigenvalue weighted by atomic mass is 35.5. The second kappa shape index (κ2) is 5.83. The molecular weight excluding hydrogens is 298 g/mol. The Bertz CT molecular complexity index is 729. The topological polar surface area (TPSA) is 66.4 Å². The van der Waals surface area contributed by atoms with Crippen molar-refractivity contribution in [2.75, 3.05) is 4.72 Å². The summed E-state index contributed by atoms with van der Waals surface area (Å²) in [6.07, 6.45) is 0. The molecule has 2 N–H and O–H groups in total. The van der Waals surface area contributed by atoms with Crippen molar-refractivity contribution in [2.45, 2.75) is 18.4 Å². The molecule has 0 unspecified atom stereocenters. The van der Waals surface area contributed by atoms with Crippen molar-refractivity contribution in [1.82, 2.24) is 0 Å². The molecule has 0 spiro atoms. The molecule has 2 rings (SSSR count). The van der Waals surface area contributed by atoms with Crippen molar-refractivity contribution in [3.8, 4) is 0 Å². The maximum Gasteiger partial charge on any atom is 0.261 e. The standard InChI is InChI=1S/C14H14ClNO3S/c1-10-13(15)6-3-7-14(10)16-20(18,19)12-5-2-4-11(8-12)9-17/h2-8,16-17H,9H2,1H3. The molecule has 2 aromatic carbocycles. The minimum absolute atomic E-state index is 0.100. The van der Waals surface area contributed by atoms with Gasteiger partial charge in [0, 0.05) is 5.02 Å². The quantitative estimate of drug-likeness (QED) is 0.912. The summed E-state index contributed by atoms with van der Waals surface area (Å²) in [4.78, 5) is 0.100. The van der Waals surface area contributed by atoms with Gasteiger partial charge in [-0.15, -0.1) is 0 Å². The SMILES string of the molecule is Cc1c(Cl)cccc1NS(=O)(=O)c1cccc(CO)c1. The first-order chi connectivity index (χ1) is 9.44. The highest BCUT2D eigenvalue weighted by Crippen LogP contribution is 2.25. The van der Waals surface area contributed by atoms with Crippen LogP contribution in [0.25, 0.3) is 0 Å². The fourth-order valence-corrected chi connectivity index (χ4v) is 3.10. The van der Waals surface area contributed by atoms with Crippen LogP contribution in [0.15, 0.2) is 47.4 Å². The first kappa shape index (κ1) is 14.8. The molecule has 0 amide bonds. The average Bonchev–Trinajstić information content (AvgIpc) is 2.44. The zero-order valence-electron chi connectivity index (χ0n) is 10.8. The van der Waals surface area contributed by atoms with Gasteiger partial charge in [-0.2, -0.15) is 0 Å². The monoisotopic (exact) mass is 311 g/mol.